The zero-order valence-electron chi connectivity index (χ0n) is 17.8. The molecule has 1 N–H and O–H groups in total. The summed E-state index contributed by atoms with van der Waals surface area (Å²) in [7, 11) is -2.02. The molecule has 0 atom stereocenters. The third-order valence-corrected chi connectivity index (χ3v) is 10.1. The van der Waals surface area contributed by atoms with Crippen molar-refractivity contribution in [2.45, 2.75) is 0 Å². The Hall–Kier alpha value is -3.51. The first-order chi connectivity index (χ1) is 15.4. The third kappa shape index (κ3) is 3.89. The average Bonchev–Trinajstić information content (AvgIpc) is 2.88. The molecule has 0 aromatic heterocycles. The quantitative estimate of drug-likeness (QED) is 0.323. The molecular weight excluding hydrogens is 407 g/mol. The Kier molecular flexibility index (Phi) is 6.61. The topological polar surface area (TPSA) is 30.0 Å². The molecule has 0 spiro atoms. The molecule has 1 nitrogen and oxygen atoms in total. The van der Waals surface area contributed by atoms with E-state index in [1.165, 1.54) is 32.3 Å². The minimum absolute atomic E-state index is 0. The summed E-state index contributed by atoms with van der Waals surface area (Å²) in [6.07, 6.45) is 0. The maximum Gasteiger partial charge on any atom is 0.144 e. The van der Waals surface area contributed by atoms with Gasteiger partial charge in [0.15, 0.2) is 0 Å². The van der Waals surface area contributed by atoms with Crippen LogP contribution in [0.1, 0.15) is 0 Å². The van der Waals surface area contributed by atoms with Crippen LogP contribution >= 0.6 is 7.26 Å². The van der Waals surface area contributed by atoms with Crippen LogP contribution in [0.3, 0.4) is 0 Å². The van der Waals surface area contributed by atoms with E-state index in [0.717, 1.165) is 0 Å². The van der Waals surface area contributed by atoms with Gasteiger partial charge in [-0.1, -0.05) is 97.1 Å². The highest BCUT2D eigenvalue weighted by Gasteiger charge is 2.47. The second kappa shape index (κ2) is 9.75. The predicted octanol–water partition coefficient (Wildman–Crippen LogP) is 5.80. The molecule has 0 aliphatic rings. The maximum absolute atomic E-state index is 2.34. The van der Waals surface area contributed by atoms with Crippen LogP contribution in [0.15, 0.2) is 146 Å². The van der Waals surface area contributed by atoms with E-state index in [1.54, 1.807) is 0 Å². The van der Waals surface area contributed by atoms with Gasteiger partial charge < -0.3 is 5.48 Å². The number of rotatable bonds is 5. The molecular formula is C30H25OP. The van der Waals surface area contributed by atoms with Crippen LogP contribution in [0, 0.1) is 0 Å². The summed E-state index contributed by atoms with van der Waals surface area (Å²) in [5.74, 6) is 0. The van der Waals surface area contributed by atoms with Crippen molar-refractivity contribution in [2.75, 3.05) is 0 Å². The molecule has 0 aliphatic heterocycles. The number of hydrogen-bond acceptors (Lipinski definition) is 1. The Bertz CT molecular complexity index is 1140. The SMILES string of the molecule is [OH-].c1ccc(-c2ccc([P+](c3ccccc3)(c3ccccc3)c3ccccc3)cc2)cc1. The van der Waals surface area contributed by atoms with Crippen molar-refractivity contribution in [2.24, 2.45) is 0 Å². The van der Waals surface area contributed by atoms with Gasteiger partial charge in [0, 0.05) is 0 Å². The van der Waals surface area contributed by atoms with Gasteiger partial charge in [-0.05, 0) is 59.7 Å². The molecule has 0 saturated carbocycles. The summed E-state index contributed by atoms with van der Waals surface area (Å²) in [6, 6.07) is 52.8. The lowest BCUT2D eigenvalue weighted by Crippen LogP contribution is -2.38. The highest BCUT2D eigenvalue weighted by Crippen LogP contribution is 2.54. The fourth-order valence-electron chi connectivity index (χ4n) is 4.36. The molecule has 0 aliphatic carbocycles. The van der Waals surface area contributed by atoms with Crippen LogP contribution in [-0.4, -0.2) is 5.48 Å². The molecule has 156 valence electrons. The van der Waals surface area contributed by atoms with Crippen LogP contribution < -0.4 is 21.2 Å². The monoisotopic (exact) mass is 432 g/mol. The van der Waals surface area contributed by atoms with Gasteiger partial charge in [-0.25, -0.2) is 0 Å². The summed E-state index contributed by atoms with van der Waals surface area (Å²) in [4.78, 5) is 0. The third-order valence-electron chi connectivity index (χ3n) is 5.79. The van der Waals surface area contributed by atoms with E-state index in [0.29, 0.717) is 0 Å². The van der Waals surface area contributed by atoms with Crippen molar-refractivity contribution >= 4 is 28.5 Å². The Morgan fingerprint density at radius 3 is 0.938 bits per heavy atom. The zero-order valence-corrected chi connectivity index (χ0v) is 18.6. The van der Waals surface area contributed by atoms with Crippen LogP contribution in [0.4, 0.5) is 0 Å². The van der Waals surface area contributed by atoms with E-state index < -0.39 is 7.26 Å². The summed E-state index contributed by atoms with van der Waals surface area (Å²) in [5.41, 5.74) is 2.49. The van der Waals surface area contributed by atoms with Gasteiger partial charge in [0.05, 0.1) is 0 Å². The molecule has 0 unspecified atom stereocenters. The summed E-state index contributed by atoms with van der Waals surface area (Å²) < 4.78 is 0. The molecule has 5 aromatic rings. The molecule has 32 heavy (non-hydrogen) atoms. The van der Waals surface area contributed by atoms with Gasteiger partial charge >= 0.3 is 0 Å². The second-order valence-corrected chi connectivity index (χ2v) is 11.0. The van der Waals surface area contributed by atoms with Crippen LogP contribution in [0.5, 0.6) is 0 Å². The van der Waals surface area contributed by atoms with Gasteiger partial charge in [0.25, 0.3) is 0 Å². The highest BCUT2D eigenvalue weighted by molar-refractivity contribution is 8.01. The van der Waals surface area contributed by atoms with Gasteiger partial charge in [-0.2, -0.15) is 0 Å². The first kappa shape index (κ1) is 21.7. The molecule has 2 heteroatoms. The van der Waals surface area contributed by atoms with E-state index in [1.807, 2.05) is 0 Å². The van der Waals surface area contributed by atoms with Crippen molar-refractivity contribution in [1.82, 2.24) is 0 Å². The van der Waals surface area contributed by atoms with Crippen molar-refractivity contribution in [3.05, 3.63) is 146 Å². The van der Waals surface area contributed by atoms with Crippen molar-refractivity contribution in [1.29, 1.82) is 0 Å². The minimum Gasteiger partial charge on any atom is -0.870 e. The summed E-state index contributed by atoms with van der Waals surface area (Å²) in [5, 5.41) is 5.50. The Balaban J connectivity index is 0.00000245. The fourth-order valence-corrected chi connectivity index (χ4v) is 8.60. The molecule has 5 rings (SSSR count). The van der Waals surface area contributed by atoms with E-state index >= 15 is 0 Å². The number of hydrogen-bond donors (Lipinski definition) is 0. The lowest BCUT2D eigenvalue weighted by atomic mass is 10.1. The molecule has 0 saturated heterocycles. The normalized spacial score (nSPS) is 10.9. The molecule has 0 radical (unpaired) electrons. The molecule has 0 amide bonds. The van der Waals surface area contributed by atoms with Gasteiger partial charge in [-0.3, -0.25) is 0 Å². The first-order valence-corrected chi connectivity index (χ1v) is 12.4. The maximum atomic E-state index is 2.34. The lowest BCUT2D eigenvalue weighted by molar-refractivity contribution is 0.824. The van der Waals surface area contributed by atoms with Crippen LogP contribution in [0.2, 0.25) is 0 Å². The van der Waals surface area contributed by atoms with E-state index in [-0.39, 0.29) is 5.48 Å². The largest absolute Gasteiger partial charge is 0.870 e. The predicted molar refractivity (Wildman–Crippen MR) is 139 cm³/mol. The summed E-state index contributed by atoms with van der Waals surface area (Å²) >= 11 is 0. The lowest BCUT2D eigenvalue weighted by Gasteiger charge is -2.27. The smallest absolute Gasteiger partial charge is 0.144 e. The van der Waals surface area contributed by atoms with Crippen molar-refractivity contribution in [3.63, 3.8) is 0 Å². The van der Waals surface area contributed by atoms with E-state index in [4.69, 9.17) is 0 Å². The number of benzene rings is 5. The molecule has 5 aromatic carbocycles. The average molecular weight is 433 g/mol. The van der Waals surface area contributed by atoms with Crippen molar-refractivity contribution in [3.8, 4) is 11.1 Å². The zero-order chi connectivity index (χ0) is 20.9. The van der Waals surface area contributed by atoms with Crippen LogP contribution in [-0.2, 0) is 0 Å². The van der Waals surface area contributed by atoms with Gasteiger partial charge in [-0.15, -0.1) is 0 Å². The van der Waals surface area contributed by atoms with E-state index in [2.05, 4.69) is 146 Å². The van der Waals surface area contributed by atoms with Crippen LogP contribution in [0.25, 0.3) is 11.1 Å². The van der Waals surface area contributed by atoms with Gasteiger partial charge in [0.2, 0.25) is 0 Å². The Labute approximate surface area is 190 Å². The minimum atomic E-state index is -2.02. The van der Waals surface area contributed by atoms with Crippen molar-refractivity contribution < 1.29 is 5.48 Å². The van der Waals surface area contributed by atoms with Gasteiger partial charge in [0.1, 0.15) is 28.5 Å². The standard InChI is InChI=1S/C30H24P.H2O/c1-5-13-25(14-6-1)26-21-23-30(24-22-26)31(27-15-7-2-8-16-27,28-17-9-3-10-18-28)29-19-11-4-12-20-29;/h1-24H;1H2/q+1;/p-1. The highest BCUT2D eigenvalue weighted by atomic mass is 31.2. The second-order valence-electron chi connectivity index (χ2n) is 7.59. The Morgan fingerprint density at radius 1 is 0.281 bits per heavy atom. The molecule has 0 bridgehead atoms. The Morgan fingerprint density at radius 2 is 0.562 bits per heavy atom. The molecule has 0 fully saturated rings. The summed E-state index contributed by atoms with van der Waals surface area (Å²) in [6.45, 7) is 0. The van der Waals surface area contributed by atoms with E-state index in [9.17, 15) is 0 Å². The molecule has 0 heterocycles. The fraction of sp³-hybridized carbons (Fsp3) is 0. The first-order valence-electron chi connectivity index (χ1n) is 10.6.